The van der Waals surface area contributed by atoms with Crippen LogP contribution in [-0.2, 0) is 42.7 Å². The summed E-state index contributed by atoms with van der Waals surface area (Å²) in [5.41, 5.74) is 30.0. The number of halogens is 7. The van der Waals surface area contributed by atoms with E-state index in [2.05, 4.69) is 79.9 Å². The Bertz CT molecular complexity index is 5450. The van der Waals surface area contributed by atoms with Crippen LogP contribution >= 0.6 is 81.2 Å². The molecule has 30 nitrogen and oxygen atoms in total. The number of aryl methyl sites for hydroxylation is 3. The molecule has 0 radical (unpaired) electrons. The van der Waals surface area contributed by atoms with E-state index in [1.807, 2.05) is 81.4 Å². The first-order valence-corrected chi connectivity index (χ1v) is 45.1. The number of aliphatic imine (C=N–C) groups is 1. The summed E-state index contributed by atoms with van der Waals surface area (Å²) in [6, 6.07) is 49.6. The number of carbonyl (C=O) groups excluding carboxylic acids is 2. The lowest BCUT2D eigenvalue weighted by Gasteiger charge is -2.31. The number of rotatable bonds is 11. The van der Waals surface area contributed by atoms with Crippen LogP contribution in [0.4, 0.5) is 35.3 Å². The predicted molar refractivity (Wildman–Crippen MR) is 510 cm³/mol. The fourth-order valence-corrected chi connectivity index (χ4v) is 16.8. The van der Waals surface area contributed by atoms with E-state index in [0.717, 1.165) is 172 Å². The van der Waals surface area contributed by atoms with E-state index in [-0.39, 0.29) is 36.0 Å². The Morgan fingerprint density at radius 1 is 0.371 bits per heavy atom. The Hall–Kier alpha value is -12.2. The number of aromatic nitrogens is 6. The van der Waals surface area contributed by atoms with Crippen LogP contribution in [0.15, 0.2) is 150 Å². The highest BCUT2D eigenvalue weighted by atomic mass is 35.5. The molecule has 2 amide bonds. The first kappa shape index (κ1) is 102. The van der Waals surface area contributed by atoms with Gasteiger partial charge in [0.2, 0.25) is 30.7 Å². The number of nitrogen functional groups attached to an aromatic ring is 3. The van der Waals surface area contributed by atoms with Crippen molar-refractivity contribution in [3.8, 4) is 36.4 Å². The zero-order valence-corrected chi connectivity index (χ0v) is 78.2. The third kappa shape index (κ3) is 29.9. The molecule has 2 unspecified atom stereocenters. The molecule has 10 heterocycles. The van der Waals surface area contributed by atoms with Crippen molar-refractivity contribution in [3.05, 3.63) is 259 Å². The van der Waals surface area contributed by atoms with Gasteiger partial charge in [-0.3, -0.25) is 14.6 Å². The third-order valence-electron chi connectivity index (χ3n) is 21.2. The van der Waals surface area contributed by atoms with E-state index >= 15 is 0 Å². The molecule has 9 aromatic rings. The number of hydrogen-bond donors (Lipinski definition) is 3. The van der Waals surface area contributed by atoms with Crippen molar-refractivity contribution >= 4 is 141 Å². The molecule has 16 rings (SSSR count). The van der Waals surface area contributed by atoms with Crippen LogP contribution in [0.2, 0.25) is 30.1 Å². The number of ether oxygens (including phenoxy) is 7. The highest BCUT2D eigenvalue weighted by Gasteiger charge is 2.32. The predicted octanol–water partition coefficient (Wildman–Crippen LogP) is 17.8. The van der Waals surface area contributed by atoms with Gasteiger partial charge in [-0.05, 0) is 173 Å². The Balaban J connectivity index is 0.000000162. The second-order valence-electron chi connectivity index (χ2n) is 30.6. The van der Waals surface area contributed by atoms with Crippen LogP contribution in [0, 0.1) is 88.8 Å². The number of hydrogen-bond acceptors (Lipinski definition) is 28. The minimum Gasteiger partial charge on any atom is -0.499 e. The monoisotopic (exact) mass is 1920 g/mol. The lowest BCUT2D eigenvalue weighted by atomic mass is 9.94. The molecule has 4 atom stereocenters. The van der Waals surface area contributed by atoms with Crippen molar-refractivity contribution in [2.24, 2.45) is 4.99 Å². The standard InChI is InChI=1S/3C17H18ClN5O.C13H11ClN2O2.C13H14ClNO.C12H11ClN2O.C6H8ClNO2/c3*1-11-7-16(22-17(20)21-11)23-5-2-6-24-10-15(23)13-4-3-12(9-19)8-14(13)18;14-12-6-10(7-15)2-3-11(12)13-8-18-5-1-4-16(13)9-17;14-13-7-10(8-15)4-5-12(13)11-3-1-2-6-16-9-11;13-11-6-9(7-14)2-3-10(11)12-8-16-5-1-4-15-12;7-6-4-10-3-1-2-8(6)5-9/h3*3-4,7-8,15H,2,5-6,10H2,1H3,(H2,20,21,22);2-3,6,8-9H,1,4-5H2;4-5,7,11H,1-3,6,9H2;2-3,6H,1,4-5,8H2;4-5H,1-3H2/t2*15-;;;;;/m10...../s1. The van der Waals surface area contributed by atoms with Crippen molar-refractivity contribution in [1.82, 2.24) is 39.7 Å². The molecule has 3 aromatic heterocycles. The lowest BCUT2D eigenvalue weighted by Crippen LogP contribution is -2.32. The zero-order chi connectivity index (χ0) is 94.4. The molecule has 7 aliphatic rings. The second-order valence-corrected chi connectivity index (χ2v) is 33.4. The molecule has 4 fully saturated rings. The summed E-state index contributed by atoms with van der Waals surface area (Å²) in [6.45, 7) is 17.5. The molecule has 0 saturated carbocycles. The van der Waals surface area contributed by atoms with Gasteiger partial charge < -0.3 is 74.9 Å². The summed E-state index contributed by atoms with van der Waals surface area (Å²) < 4.78 is 38.5. The average Bonchev–Trinajstić information content (AvgIpc) is 1.37. The van der Waals surface area contributed by atoms with Crippen molar-refractivity contribution < 1.29 is 42.7 Å². The van der Waals surface area contributed by atoms with Gasteiger partial charge in [-0.15, -0.1) is 0 Å². The van der Waals surface area contributed by atoms with Crippen LogP contribution < -0.4 is 31.9 Å². The minimum absolute atomic E-state index is 0.0959. The molecule has 6 N–H and O–H groups in total. The van der Waals surface area contributed by atoms with Crippen LogP contribution in [0.5, 0.6) is 0 Å². The summed E-state index contributed by atoms with van der Waals surface area (Å²) in [4.78, 5) is 60.7. The maximum Gasteiger partial charge on any atom is 0.222 e. The van der Waals surface area contributed by atoms with Crippen molar-refractivity contribution in [2.45, 2.75) is 103 Å². The van der Waals surface area contributed by atoms with E-state index in [9.17, 15) is 9.59 Å². The maximum absolute atomic E-state index is 11.1. The number of carbonyl (C=O) groups is 2. The number of amides is 2. The fraction of sp³-hybridized carbons (Fsp3) is 0.358. The van der Waals surface area contributed by atoms with Crippen LogP contribution in [-0.4, -0.2) is 177 Å². The number of nitrogens with zero attached hydrogens (tertiary/aromatic N) is 18. The van der Waals surface area contributed by atoms with E-state index < -0.39 is 0 Å². The zero-order valence-electron chi connectivity index (χ0n) is 72.9. The summed E-state index contributed by atoms with van der Waals surface area (Å²) in [6.07, 6.45) is 13.0. The smallest absolute Gasteiger partial charge is 0.222 e. The molecule has 0 spiro atoms. The first-order valence-electron chi connectivity index (χ1n) is 42.4. The molecule has 37 heteroatoms. The van der Waals surface area contributed by atoms with Crippen LogP contribution in [0.25, 0.3) is 5.70 Å². The molecule has 0 aliphatic carbocycles. The van der Waals surface area contributed by atoms with Crippen LogP contribution in [0.3, 0.4) is 0 Å². The quantitative estimate of drug-likeness (QED) is 0.0799. The van der Waals surface area contributed by atoms with Crippen LogP contribution in [0.1, 0.15) is 166 Å². The number of anilines is 6. The van der Waals surface area contributed by atoms with Gasteiger partial charge in [-0.1, -0.05) is 118 Å². The third-order valence-corrected chi connectivity index (χ3v) is 23.5. The summed E-state index contributed by atoms with van der Waals surface area (Å²) in [5.74, 6) is 3.41. The molecule has 6 aromatic carbocycles. The summed E-state index contributed by atoms with van der Waals surface area (Å²) in [7, 11) is 0. The molecule has 0 bridgehead atoms. The summed E-state index contributed by atoms with van der Waals surface area (Å²) >= 11 is 43.3. The van der Waals surface area contributed by atoms with Gasteiger partial charge in [-0.2, -0.15) is 46.5 Å². The Morgan fingerprint density at radius 3 is 1.11 bits per heavy atom. The highest BCUT2D eigenvalue weighted by molar-refractivity contribution is 6.35. The molecule has 7 aliphatic heterocycles. The van der Waals surface area contributed by atoms with E-state index in [4.69, 9.17) is 163 Å². The largest absolute Gasteiger partial charge is 0.499 e. The lowest BCUT2D eigenvalue weighted by molar-refractivity contribution is -0.116. The topological polar surface area (TPSA) is 425 Å². The van der Waals surface area contributed by atoms with Gasteiger partial charge in [0.15, 0.2) is 0 Å². The minimum atomic E-state index is -0.0959. The van der Waals surface area contributed by atoms with Gasteiger partial charge in [0.05, 0.1) is 156 Å². The Kier molecular flexibility index (Phi) is 40.7. The van der Waals surface area contributed by atoms with Gasteiger partial charge >= 0.3 is 0 Å². The van der Waals surface area contributed by atoms with Gasteiger partial charge in [0, 0.05) is 145 Å². The number of nitrogens with two attached hydrogens (primary N) is 3. The maximum atomic E-state index is 11.1. The van der Waals surface area contributed by atoms with E-state index in [1.54, 1.807) is 77.7 Å². The molecule has 686 valence electrons. The molecular weight excluding hydrogens is 1830 g/mol. The second kappa shape index (κ2) is 52.8. The van der Waals surface area contributed by atoms with Gasteiger partial charge in [0.25, 0.3) is 0 Å². The van der Waals surface area contributed by atoms with Gasteiger partial charge in [-0.25, -0.2) is 15.0 Å². The highest BCUT2D eigenvalue weighted by Crippen LogP contribution is 2.39. The normalized spacial score (nSPS) is 17.8. The number of benzene rings is 6. The SMILES string of the molecule is Cc1cc(N2CCCOCC2c2ccc(C#N)cc2Cl)nc(N)n1.Cc1cc(N2CCCOC[C@@H]2c2ccc(C#N)cc2Cl)nc(N)n1.Cc1cc(N2CCCOC[C@H]2c2ccc(C#N)cc2Cl)nc(N)n1.N#Cc1ccc(C2=COCCCN2C=O)c(Cl)c1.N#Cc1ccc(C2=NCCCOC2)c(Cl)c1.N#Cc1ccc(C2CCCCOC2)c(Cl)c1.O=CN1CCCOC=C1Cl. The Morgan fingerprint density at radius 2 is 0.720 bits per heavy atom. The number of nitriles is 6. The molecule has 4 saturated heterocycles. The van der Waals surface area contributed by atoms with E-state index in [0.29, 0.717) is 165 Å². The molecular formula is C95H98Cl7N21O9. The average molecular weight is 1930 g/mol. The van der Waals surface area contributed by atoms with Gasteiger partial charge in [0.1, 0.15) is 35.1 Å². The van der Waals surface area contributed by atoms with E-state index in [1.165, 1.54) is 23.8 Å². The Labute approximate surface area is 802 Å². The summed E-state index contributed by atoms with van der Waals surface area (Å²) in [5, 5.41) is 57.1. The van der Waals surface area contributed by atoms with Crippen molar-refractivity contribution in [3.63, 3.8) is 0 Å². The fourth-order valence-electron chi connectivity index (χ4n) is 14.8. The van der Waals surface area contributed by atoms with Crippen molar-refractivity contribution in [2.75, 3.05) is 150 Å². The first-order chi connectivity index (χ1) is 64.0. The molecule has 132 heavy (non-hydrogen) atoms. The van der Waals surface area contributed by atoms with Crippen molar-refractivity contribution in [1.29, 1.82) is 31.6 Å².